The zero-order valence-electron chi connectivity index (χ0n) is 6.97. The molecule has 1 aliphatic carbocycles. The molecule has 0 spiro atoms. The van der Waals surface area contributed by atoms with Crippen molar-refractivity contribution >= 4 is 0 Å². The fraction of sp³-hybridized carbons (Fsp3) is 0.400. The van der Waals surface area contributed by atoms with Gasteiger partial charge in [-0.1, -0.05) is 38.2 Å². The molecule has 1 rings (SSSR count). The van der Waals surface area contributed by atoms with Gasteiger partial charge in [0.05, 0.1) is 0 Å². The normalized spacial score (nSPS) is 17.8. The standard InChI is InChI=1S/C10H13F/c1-8(2)6-7-9-4-3-5-10(9)11/h3-4,6-8H,5H2,1-2H3/b7-6+. The summed E-state index contributed by atoms with van der Waals surface area (Å²) in [6.45, 7) is 4.15. The van der Waals surface area contributed by atoms with Gasteiger partial charge in [0.15, 0.2) is 0 Å². The van der Waals surface area contributed by atoms with Crippen LogP contribution in [-0.2, 0) is 0 Å². The van der Waals surface area contributed by atoms with Gasteiger partial charge in [0.2, 0.25) is 0 Å². The number of halogens is 1. The molecule has 0 saturated carbocycles. The summed E-state index contributed by atoms with van der Waals surface area (Å²) in [5.74, 6) is 0.478. The third-order valence-corrected chi connectivity index (χ3v) is 1.57. The summed E-state index contributed by atoms with van der Waals surface area (Å²) < 4.78 is 12.8. The van der Waals surface area contributed by atoms with Crippen molar-refractivity contribution in [3.8, 4) is 0 Å². The van der Waals surface area contributed by atoms with E-state index < -0.39 is 0 Å². The smallest absolute Gasteiger partial charge is 0.111 e. The lowest BCUT2D eigenvalue weighted by Gasteiger charge is -1.93. The fourth-order valence-electron chi connectivity index (χ4n) is 0.940. The molecule has 11 heavy (non-hydrogen) atoms. The Bertz CT molecular complexity index is 219. The van der Waals surface area contributed by atoms with Crippen LogP contribution in [0.15, 0.2) is 35.7 Å². The predicted molar refractivity (Wildman–Crippen MR) is 45.9 cm³/mol. The van der Waals surface area contributed by atoms with Crippen LogP contribution in [0.3, 0.4) is 0 Å². The summed E-state index contributed by atoms with van der Waals surface area (Å²) in [5, 5.41) is 0. The zero-order chi connectivity index (χ0) is 8.27. The van der Waals surface area contributed by atoms with E-state index in [1.54, 1.807) is 0 Å². The van der Waals surface area contributed by atoms with Crippen molar-refractivity contribution in [1.29, 1.82) is 0 Å². The van der Waals surface area contributed by atoms with Crippen LogP contribution >= 0.6 is 0 Å². The topological polar surface area (TPSA) is 0 Å². The summed E-state index contributed by atoms with van der Waals surface area (Å²) >= 11 is 0. The third kappa shape index (κ3) is 2.34. The van der Waals surface area contributed by atoms with E-state index in [2.05, 4.69) is 13.8 Å². The van der Waals surface area contributed by atoms with Gasteiger partial charge in [-0.05, 0) is 5.92 Å². The zero-order valence-corrected chi connectivity index (χ0v) is 6.97. The lowest BCUT2D eigenvalue weighted by Crippen LogP contribution is -1.78. The van der Waals surface area contributed by atoms with E-state index in [1.165, 1.54) is 0 Å². The molecule has 0 nitrogen and oxygen atoms in total. The summed E-state index contributed by atoms with van der Waals surface area (Å²) in [6, 6.07) is 0. The van der Waals surface area contributed by atoms with Crippen LogP contribution in [-0.4, -0.2) is 0 Å². The third-order valence-electron chi connectivity index (χ3n) is 1.57. The molecule has 0 atom stereocenters. The Morgan fingerprint density at radius 3 is 2.73 bits per heavy atom. The van der Waals surface area contributed by atoms with Crippen molar-refractivity contribution in [3.05, 3.63) is 35.7 Å². The van der Waals surface area contributed by atoms with Crippen molar-refractivity contribution in [3.63, 3.8) is 0 Å². The molecule has 0 saturated heterocycles. The quantitative estimate of drug-likeness (QED) is 0.569. The molecular formula is C10H13F. The molecule has 60 valence electrons. The van der Waals surface area contributed by atoms with Crippen molar-refractivity contribution in [2.45, 2.75) is 20.3 Å². The maximum absolute atomic E-state index is 12.8. The molecule has 0 aromatic rings. The minimum Gasteiger partial charge on any atom is -0.211 e. The van der Waals surface area contributed by atoms with Gasteiger partial charge in [-0.15, -0.1) is 0 Å². The Hall–Kier alpha value is -0.850. The second-order valence-electron chi connectivity index (χ2n) is 3.07. The van der Waals surface area contributed by atoms with Crippen LogP contribution in [0, 0.1) is 5.92 Å². The minimum atomic E-state index is -0.0121. The maximum atomic E-state index is 12.8. The van der Waals surface area contributed by atoms with Crippen molar-refractivity contribution in [1.82, 2.24) is 0 Å². The Labute approximate surface area is 67.1 Å². The van der Waals surface area contributed by atoms with Crippen LogP contribution in [0.5, 0.6) is 0 Å². The van der Waals surface area contributed by atoms with Crippen LogP contribution in [0.2, 0.25) is 0 Å². The first-order chi connectivity index (χ1) is 5.20. The number of hydrogen-bond donors (Lipinski definition) is 0. The molecule has 0 radical (unpaired) electrons. The van der Waals surface area contributed by atoms with E-state index in [1.807, 2.05) is 24.3 Å². The lowest BCUT2D eigenvalue weighted by molar-refractivity contribution is 0.618. The van der Waals surface area contributed by atoms with Gasteiger partial charge in [0.25, 0.3) is 0 Å². The minimum absolute atomic E-state index is 0.0121. The van der Waals surface area contributed by atoms with Gasteiger partial charge in [0.1, 0.15) is 5.83 Å². The Morgan fingerprint density at radius 2 is 2.27 bits per heavy atom. The van der Waals surface area contributed by atoms with Crippen LogP contribution in [0.1, 0.15) is 20.3 Å². The molecule has 0 bridgehead atoms. The summed E-state index contributed by atoms with van der Waals surface area (Å²) in [7, 11) is 0. The van der Waals surface area contributed by atoms with Gasteiger partial charge < -0.3 is 0 Å². The molecule has 0 heterocycles. The molecule has 0 unspecified atom stereocenters. The molecule has 1 heteroatoms. The first kappa shape index (κ1) is 8.25. The molecular weight excluding hydrogens is 139 g/mol. The highest BCUT2D eigenvalue weighted by molar-refractivity contribution is 5.38. The van der Waals surface area contributed by atoms with Crippen molar-refractivity contribution in [2.24, 2.45) is 5.92 Å². The van der Waals surface area contributed by atoms with Gasteiger partial charge >= 0.3 is 0 Å². The monoisotopic (exact) mass is 152 g/mol. The predicted octanol–water partition coefficient (Wildman–Crippen LogP) is 3.38. The van der Waals surface area contributed by atoms with Gasteiger partial charge in [-0.3, -0.25) is 0 Å². The molecule has 0 N–H and O–H groups in total. The summed E-state index contributed by atoms with van der Waals surface area (Å²) in [4.78, 5) is 0. The second-order valence-corrected chi connectivity index (χ2v) is 3.07. The molecule has 0 aromatic heterocycles. The number of hydrogen-bond acceptors (Lipinski definition) is 0. The molecule has 0 fully saturated rings. The van der Waals surface area contributed by atoms with Crippen molar-refractivity contribution < 1.29 is 4.39 Å². The molecule has 0 aromatic carbocycles. The average Bonchev–Trinajstić information content (AvgIpc) is 2.31. The van der Waals surface area contributed by atoms with E-state index >= 15 is 0 Å². The van der Waals surface area contributed by atoms with Gasteiger partial charge in [0, 0.05) is 12.0 Å². The average molecular weight is 152 g/mol. The number of rotatable bonds is 2. The van der Waals surface area contributed by atoms with Gasteiger partial charge in [-0.25, -0.2) is 4.39 Å². The van der Waals surface area contributed by atoms with Gasteiger partial charge in [-0.2, -0.15) is 0 Å². The lowest BCUT2D eigenvalue weighted by atomic mass is 10.1. The van der Waals surface area contributed by atoms with Crippen LogP contribution < -0.4 is 0 Å². The second kappa shape index (κ2) is 3.51. The largest absolute Gasteiger partial charge is 0.211 e. The Kier molecular flexibility index (Phi) is 2.64. The highest BCUT2D eigenvalue weighted by Crippen LogP contribution is 2.21. The fourth-order valence-corrected chi connectivity index (χ4v) is 0.940. The Balaban J connectivity index is 2.62. The first-order valence-electron chi connectivity index (χ1n) is 3.93. The van der Waals surface area contributed by atoms with Crippen LogP contribution in [0.25, 0.3) is 0 Å². The van der Waals surface area contributed by atoms with Crippen molar-refractivity contribution in [2.75, 3.05) is 0 Å². The molecule has 1 aliphatic rings. The maximum Gasteiger partial charge on any atom is 0.111 e. The number of allylic oxidation sites excluding steroid dienone is 6. The first-order valence-corrected chi connectivity index (χ1v) is 3.93. The van der Waals surface area contributed by atoms with E-state index in [0.29, 0.717) is 12.3 Å². The SMILES string of the molecule is CC(C)/C=C/C1=C(F)CC=C1. The van der Waals surface area contributed by atoms with E-state index in [9.17, 15) is 4.39 Å². The summed E-state index contributed by atoms with van der Waals surface area (Å²) in [6.07, 6.45) is 8.00. The van der Waals surface area contributed by atoms with Crippen LogP contribution in [0.4, 0.5) is 4.39 Å². The molecule has 0 amide bonds. The summed E-state index contributed by atoms with van der Waals surface area (Å²) in [5.41, 5.74) is 0.735. The van der Waals surface area contributed by atoms with E-state index in [-0.39, 0.29) is 5.83 Å². The highest BCUT2D eigenvalue weighted by atomic mass is 19.1. The van der Waals surface area contributed by atoms with E-state index in [4.69, 9.17) is 0 Å². The van der Waals surface area contributed by atoms with E-state index in [0.717, 1.165) is 5.57 Å². The highest BCUT2D eigenvalue weighted by Gasteiger charge is 2.04. The Morgan fingerprint density at radius 1 is 1.55 bits per heavy atom. The molecule has 0 aliphatic heterocycles.